The van der Waals surface area contributed by atoms with Crippen LogP contribution in [0.3, 0.4) is 0 Å². The molecule has 6 heteroatoms. The summed E-state index contributed by atoms with van der Waals surface area (Å²) in [5.74, 6) is -0.628. The molecule has 0 spiro atoms. The fraction of sp³-hybridized carbons (Fsp3) is 0.176. The quantitative estimate of drug-likeness (QED) is 0.710. The average Bonchev–Trinajstić information content (AvgIpc) is 2.87. The Morgan fingerprint density at radius 3 is 2.65 bits per heavy atom. The molecule has 1 heterocycles. The van der Waals surface area contributed by atoms with Crippen molar-refractivity contribution in [1.82, 2.24) is 14.9 Å². The molecule has 23 heavy (non-hydrogen) atoms. The fourth-order valence-electron chi connectivity index (χ4n) is 2.47. The van der Waals surface area contributed by atoms with Crippen LogP contribution in [0.2, 0.25) is 0 Å². The lowest BCUT2D eigenvalue weighted by Gasteiger charge is -2.06. The van der Waals surface area contributed by atoms with Crippen molar-refractivity contribution < 1.29 is 9.18 Å². The zero-order valence-electron chi connectivity index (χ0n) is 12.4. The van der Waals surface area contributed by atoms with Gasteiger partial charge in [0.1, 0.15) is 5.82 Å². The molecule has 0 aliphatic rings. The van der Waals surface area contributed by atoms with Crippen LogP contribution in [0.1, 0.15) is 16.8 Å². The Balaban J connectivity index is 1.57. The summed E-state index contributed by atoms with van der Waals surface area (Å²) in [6, 6.07) is 12.9. The highest BCUT2D eigenvalue weighted by Crippen LogP contribution is 2.09. The van der Waals surface area contributed by atoms with Gasteiger partial charge in [-0.05, 0) is 42.8 Å². The average molecular weight is 313 g/mol. The number of benzene rings is 2. The number of aromatic amines is 1. The van der Waals surface area contributed by atoms with Crippen LogP contribution in [0.5, 0.6) is 0 Å². The molecule has 0 fully saturated rings. The molecular formula is C17H16FN3O2. The lowest BCUT2D eigenvalue weighted by atomic mass is 10.2. The maximum atomic E-state index is 12.8. The molecule has 0 aliphatic carbocycles. The van der Waals surface area contributed by atoms with E-state index in [0.717, 1.165) is 11.0 Å². The molecule has 0 radical (unpaired) electrons. The first-order chi connectivity index (χ1) is 11.1. The molecule has 3 aromatic rings. The van der Waals surface area contributed by atoms with Crippen molar-refractivity contribution in [3.05, 3.63) is 70.4 Å². The first-order valence-corrected chi connectivity index (χ1v) is 7.36. The summed E-state index contributed by atoms with van der Waals surface area (Å²) in [5, 5.41) is 2.76. The van der Waals surface area contributed by atoms with Crippen LogP contribution < -0.4 is 11.0 Å². The summed E-state index contributed by atoms with van der Waals surface area (Å²) in [6.07, 6.45) is 0.620. The minimum atomic E-state index is -0.375. The Bertz CT molecular complexity index is 881. The number of aromatic nitrogens is 2. The van der Waals surface area contributed by atoms with Gasteiger partial charge in [-0.2, -0.15) is 0 Å². The number of H-pyrrole nitrogens is 1. The van der Waals surface area contributed by atoms with Gasteiger partial charge in [-0.3, -0.25) is 9.36 Å². The summed E-state index contributed by atoms with van der Waals surface area (Å²) in [7, 11) is 0. The van der Waals surface area contributed by atoms with Crippen molar-refractivity contribution in [3.63, 3.8) is 0 Å². The van der Waals surface area contributed by atoms with Crippen molar-refractivity contribution in [3.8, 4) is 0 Å². The number of carbonyl (C=O) groups excluding carboxylic acids is 1. The number of imidazole rings is 1. The van der Waals surface area contributed by atoms with E-state index < -0.39 is 0 Å². The number of nitrogens with zero attached hydrogens (tertiary/aromatic N) is 1. The van der Waals surface area contributed by atoms with Gasteiger partial charge in [0.15, 0.2) is 0 Å². The Labute approximate surface area is 131 Å². The highest BCUT2D eigenvalue weighted by Gasteiger charge is 2.07. The highest BCUT2D eigenvalue weighted by atomic mass is 19.1. The Hall–Kier alpha value is -2.89. The number of para-hydroxylation sites is 2. The third-order valence-electron chi connectivity index (χ3n) is 3.63. The molecule has 2 N–H and O–H groups in total. The number of nitrogens with one attached hydrogen (secondary N) is 2. The summed E-state index contributed by atoms with van der Waals surface area (Å²) in [6.45, 7) is 0.939. The number of aryl methyl sites for hydroxylation is 1. The van der Waals surface area contributed by atoms with Gasteiger partial charge in [-0.25, -0.2) is 9.18 Å². The minimum absolute atomic E-state index is 0.156. The van der Waals surface area contributed by atoms with Crippen molar-refractivity contribution >= 4 is 16.9 Å². The van der Waals surface area contributed by atoms with E-state index in [9.17, 15) is 14.0 Å². The lowest BCUT2D eigenvalue weighted by Crippen LogP contribution is -2.26. The Morgan fingerprint density at radius 1 is 1.13 bits per heavy atom. The largest absolute Gasteiger partial charge is 0.352 e. The van der Waals surface area contributed by atoms with Crippen molar-refractivity contribution in [1.29, 1.82) is 0 Å². The van der Waals surface area contributed by atoms with Crippen LogP contribution in [-0.4, -0.2) is 22.0 Å². The van der Waals surface area contributed by atoms with Gasteiger partial charge in [0.2, 0.25) is 0 Å². The van der Waals surface area contributed by atoms with Gasteiger partial charge in [0.25, 0.3) is 5.91 Å². The Kier molecular flexibility index (Phi) is 4.23. The molecule has 0 atom stereocenters. The highest BCUT2D eigenvalue weighted by molar-refractivity contribution is 5.94. The molecule has 2 aromatic carbocycles. The smallest absolute Gasteiger partial charge is 0.326 e. The van der Waals surface area contributed by atoms with E-state index in [0.29, 0.717) is 25.1 Å². The fourth-order valence-corrected chi connectivity index (χ4v) is 2.47. The van der Waals surface area contributed by atoms with E-state index in [2.05, 4.69) is 10.3 Å². The molecule has 118 valence electrons. The molecule has 0 saturated carbocycles. The third-order valence-corrected chi connectivity index (χ3v) is 3.63. The second-order valence-corrected chi connectivity index (χ2v) is 5.22. The van der Waals surface area contributed by atoms with Gasteiger partial charge >= 0.3 is 5.69 Å². The molecular weight excluding hydrogens is 297 g/mol. The summed E-state index contributed by atoms with van der Waals surface area (Å²) in [4.78, 5) is 26.6. The molecule has 0 saturated heterocycles. The minimum Gasteiger partial charge on any atom is -0.352 e. The summed E-state index contributed by atoms with van der Waals surface area (Å²) < 4.78 is 14.5. The number of carbonyl (C=O) groups is 1. The van der Waals surface area contributed by atoms with Crippen LogP contribution >= 0.6 is 0 Å². The van der Waals surface area contributed by atoms with Crippen LogP contribution in [0, 0.1) is 5.82 Å². The van der Waals surface area contributed by atoms with Gasteiger partial charge in [0, 0.05) is 18.7 Å². The molecule has 1 aromatic heterocycles. The molecule has 5 nitrogen and oxygen atoms in total. The van der Waals surface area contributed by atoms with Gasteiger partial charge in [-0.1, -0.05) is 12.1 Å². The molecule has 0 aliphatic heterocycles. The SMILES string of the molecule is O=C(NCCCn1c(=O)[nH]c2ccccc21)c1ccc(F)cc1. The normalized spacial score (nSPS) is 10.8. The summed E-state index contributed by atoms with van der Waals surface area (Å²) in [5.41, 5.74) is 1.90. The predicted molar refractivity (Wildman–Crippen MR) is 85.9 cm³/mol. The molecule has 0 bridgehead atoms. The van der Waals surface area contributed by atoms with E-state index in [1.807, 2.05) is 24.3 Å². The van der Waals surface area contributed by atoms with Gasteiger partial charge in [-0.15, -0.1) is 0 Å². The zero-order chi connectivity index (χ0) is 16.2. The molecule has 0 unspecified atom stereocenters. The second-order valence-electron chi connectivity index (χ2n) is 5.22. The van der Waals surface area contributed by atoms with Crippen molar-refractivity contribution in [2.24, 2.45) is 0 Å². The predicted octanol–water partition coefficient (Wildman–Crippen LogP) is 2.29. The number of amides is 1. The summed E-state index contributed by atoms with van der Waals surface area (Å²) >= 11 is 0. The van der Waals surface area contributed by atoms with Crippen molar-refractivity contribution in [2.45, 2.75) is 13.0 Å². The standard InChI is InChI=1S/C17H16FN3O2/c18-13-8-6-12(7-9-13)16(22)19-10-3-11-21-15-5-2-1-4-14(15)20-17(21)23/h1-2,4-9H,3,10-11H2,(H,19,22)(H,20,23). The number of halogens is 1. The van der Waals surface area contributed by atoms with Gasteiger partial charge in [0.05, 0.1) is 11.0 Å². The van der Waals surface area contributed by atoms with E-state index >= 15 is 0 Å². The molecule has 1 amide bonds. The monoisotopic (exact) mass is 313 g/mol. The van der Waals surface area contributed by atoms with Crippen LogP contribution in [-0.2, 0) is 6.54 Å². The van der Waals surface area contributed by atoms with Crippen LogP contribution in [0.25, 0.3) is 11.0 Å². The van der Waals surface area contributed by atoms with E-state index in [1.165, 1.54) is 24.3 Å². The van der Waals surface area contributed by atoms with E-state index in [1.54, 1.807) is 4.57 Å². The zero-order valence-corrected chi connectivity index (χ0v) is 12.4. The number of hydrogen-bond acceptors (Lipinski definition) is 2. The lowest BCUT2D eigenvalue weighted by molar-refractivity contribution is 0.0952. The van der Waals surface area contributed by atoms with Crippen LogP contribution in [0.4, 0.5) is 4.39 Å². The maximum Gasteiger partial charge on any atom is 0.326 e. The third kappa shape index (κ3) is 3.31. The first kappa shape index (κ1) is 15.0. The van der Waals surface area contributed by atoms with E-state index in [-0.39, 0.29) is 17.4 Å². The first-order valence-electron chi connectivity index (χ1n) is 7.36. The van der Waals surface area contributed by atoms with Crippen molar-refractivity contribution in [2.75, 3.05) is 6.54 Å². The number of hydrogen-bond donors (Lipinski definition) is 2. The second kappa shape index (κ2) is 6.48. The Morgan fingerprint density at radius 2 is 1.87 bits per heavy atom. The van der Waals surface area contributed by atoms with Gasteiger partial charge < -0.3 is 10.3 Å². The maximum absolute atomic E-state index is 12.8. The number of rotatable bonds is 5. The number of fused-ring (bicyclic) bond motifs is 1. The molecule has 3 rings (SSSR count). The topological polar surface area (TPSA) is 66.9 Å². The van der Waals surface area contributed by atoms with Crippen LogP contribution in [0.15, 0.2) is 53.3 Å². The van der Waals surface area contributed by atoms with E-state index in [4.69, 9.17) is 0 Å².